The van der Waals surface area contributed by atoms with Crippen LogP contribution in [0.1, 0.15) is 0 Å². The van der Waals surface area contributed by atoms with Crippen LogP contribution >= 0.6 is 0 Å². The Morgan fingerprint density at radius 1 is 0.241 bits per heavy atom. The van der Waals surface area contributed by atoms with E-state index in [9.17, 15) is 0 Å². The Hall–Kier alpha value is -7.23. The van der Waals surface area contributed by atoms with E-state index >= 15 is 0 Å². The zero-order valence-electron chi connectivity index (χ0n) is 29.4. The number of fused-ring (bicyclic) bond motifs is 4. The number of aromatic nitrogens is 3. The largest absolute Gasteiger partial charge is 0.248 e. The molecule has 0 aliphatic heterocycles. The van der Waals surface area contributed by atoms with E-state index in [1.807, 2.05) is 6.07 Å². The second kappa shape index (κ2) is 13.4. The van der Waals surface area contributed by atoms with E-state index < -0.39 is 0 Å². The smallest absolute Gasteiger partial charge is 0.0978 e. The zero-order chi connectivity index (χ0) is 35.8. The lowest BCUT2D eigenvalue weighted by Crippen LogP contribution is -1.95. The lowest BCUT2D eigenvalue weighted by molar-refractivity contribution is 1.32. The van der Waals surface area contributed by atoms with Crippen molar-refractivity contribution in [1.29, 1.82) is 0 Å². The van der Waals surface area contributed by atoms with Crippen molar-refractivity contribution in [2.75, 3.05) is 0 Å². The molecular formula is C51H33N3. The van der Waals surface area contributed by atoms with Gasteiger partial charge >= 0.3 is 0 Å². The van der Waals surface area contributed by atoms with Gasteiger partial charge in [-0.3, -0.25) is 0 Å². The van der Waals surface area contributed by atoms with E-state index in [1.54, 1.807) is 0 Å². The third kappa shape index (κ3) is 5.78. The molecule has 252 valence electrons. The maximum absolute atomic E-state index is 5.44. The number of rotatable bonds is 6. The molecule has 0 saturated carbocycles. The summed E-state index contributed by atoms with van der Waals surface area (Å²) >= 11 is 0. The average Bonchev–Trinajstić information content (AvgIpc) is 3.26. The third-order valence-corrected chi connectivity index (χ3v) is 10.2. The van der Waals surface area contributed by atoms with Crippen LogP contribution < -0.4 is 0 Å². The first-order chi connectivity index (χ1) is 26.7. The standard InChI is InChI=1S/C51H33N3/c1-4-14-34(15-5-1)41-31-47(37-19-8-3-9-20-37)52-48(32-41)39-22-12-23-40(30-39)49-33-45(36-16-6-2-7-17-36)44-28-26-38-27-29-46(53-50(38)51(44)54-49)43-25-13-21-35-18-10-11-24-42(35)43/h1-33H. The SMILES string of the molecule is c1ccc(-c2cc(-c3ccccc3)nc(-c3cccc(-c4cc(-c5ccccc5)c5ccc6ccc(-c7cccc8ccccc78)nc6c5n4)c3)c2)cc1. The lowest BCUT2D eigenvalue weighted by Gasteiger charge is -2.14. The zero-order valence-corrected chi connectivity index (χ0v) is 29.4. The monoisotopic (exact) mass is 687 g/mol. The molecule has 0 bridgehead atoms. The van der Waals surface area contributed by atoms with Crippen molar-refractivity contribution in [3.8, 4) is 67.3 Å². The van der Waals surface area contributed by atoms with Gasteiger partial charge in [0.15, 0.2) is 0 Å². The quantitative estimate of drug-likeness (QED) is 0.163. The number of benzene rings is 7. The summed E-state index contributed by atoms with van der Waals surface area (Å²) in [7, 11) is 0. The highest BCUT2D eigenvalue weighted by Crippen LogP contribution is 2.38. The molecular weight excluding hydrogens is 655 g/mol. The van der Waals surface area contributed by atoms with E-state index in [0.717, 1.165) is 89.1 Å². The maximum atomic E-state index is 5.44. The van der Waals surface area contributed by atoms with Crippen LogP contribution in [0, 0.1) is 0 Å². The summed E-state index contributed by atoms with van der Waals surface area (Å²) in [5, 5.41) is 4.50. The summed E-state index contributed by atoms with van der Waals surface area (Å²) in [5.41, 5.74) is 14.2. The van der Waals surface area contributed by atoms with Crippen molar-refractivity contribution in [2.24, 2.45) is 0 Å². The number of hydrogen-bond donors (Lipinski definition) is 0. The first-order valence-electron chi connectivity index (χ1n) is 18.3. The third-order valence-electron chi connectivity index (χ3n) is 10.2. The Balaban J connectivity index is 1.17. The van der Waals surface area contributed by atoms with Gasteiger partial charge in [-0.25, -0.2) is 15.0 Å². The Bertz CT molecular complexity index is 2910. The van der Waals surface area contributed by atoms with Gasteiger partial charge in [-0.1, -0.05) is 170 Å². The summed E-state index contributed by atoms with van der Waals surface area (Å²) in [6.45, 7) is 0. The van der Waals surface area contributed by atoms with Gasteiger partial charge in [0.2, 0.25) is 0 Å². The lowest BCUT2D eigenvalue weighted by atomic mass is 9.95. The van der Waals surface area contributed by atoms with Crippen molar-refractivity contribution < 1.29 is 0 Å². The van der Waals surface area contributed by atoms with Gasteiger partial charge in [0.05, 0.1) is 33.8 Å². The van der Waals surface area contributed by atoms with Gasteiger partial charge in [-0.2, -0.15) is 0 Å². The van der Waals surface area contributed by atoms with E-state index in [0.29, 0.717) is 0 Å². The second-order valence-corrected chi connectivity index (χ2v) is 13.6. The molecule has 0 radical (unpaired) electrons. The maximum Gasteiger partial charge on any atom is 0.0978 e. The van der Waals surface area contributed by atoms with Crippen molar-refractivity contribution in [3.05, 3.63) is 200 Å². The summed E-state index contributed by atoms with van der Waals surface area (Å²) < 4.78 is 0. The van der Waals surface area contributed by atoms with Crippen LogP contribution in [-0.4, -0.2) is 15.0 Å². The highest BCUT2D eigenvalue weighted by Gasteiger charge is 2.16. The minimum atomic E-state index is 0.881. The van der Waals surface area contributed by atoms with E-state index in [2.05, 4.69) is 194 Å². The molecule has 0 fully saturated rings. The fourth-order valence-corrected chi connectivity index (χ4v) is 7.54. The minimum Gasteiger partial charge on any atom is -0.248 e. The van der Waals surface area contributed by atoms with Crippen LogP contribution in [0.5, 0.6) is 0 Å². The van der Waals surface area contributed by atoms with Gasteiger partial charge < -0.3 is 0 Å². The van der Waals surface area contributed by atoms with E-state index in [4.69, 9.17) is 15.0 Å². The van der Waals surface area contributed by atoms with Crippen molar-refractivity contribution >= 4 is 32.6 Å². The molecule has 7 aromatic carbocycles. The average molecular weight is 688 g/mol. The van der Waals surface area contributed by atoms with Gasteiger partial charge in [-0.05, 0) is 63.4 Å². The van der Waals surface area contributed by atoms with E-state index in [-0.39, 0.29) is 0 Å². The van der Waals surface area contributed by atoms with Crippen LogP contribution in [0.2, 0.25) is 0 Å². The molecule has 0 amide bonds. The minimum absolute atomic E-state index is 0.881. The molecule has 0 atom stereocenters. The van der Waals surface area contributed by atoms with Gasteiger partial charge in [-0.15, -0.1) is 0 Å². The molecule has 0 aliphatic carbocycles. The van der Waals surface area contributed by atoms with Crippen LogP contribution in [0.4, 0.5) is 0 Å². The van der Waals surface area contributed by atoms with Crippen LogP contribution in [0.3, 0.4) is 0 Å². The Morgan fingerprint density at radius 3 is 1.56 bits per heavy atom. The fraction of sp³-hybridized carbons (Fsp3) is 0. The predicted molar refractivity (Wildman–Crippen MR) is 225 cm³/mol. The molecule has 0 aliphatic rings. The fourth-order valence-electron chi connectivity index (χ4n) is 7.54. The van der Waals surface area contributed by atoms with Crippen LogP contribution in [0.25, 0.3) is 99.9 Å². The topological polar surface area (TPSA) is 38.7 Å². The normalized spacial score (nSPS) is 11.3. The van der Waals surface area contributed by atoms with Crippen molar-refractivity contribution in [1.82, 2.24) is 15.0 Å². The number of pyridine rings is 3. The summed E-state index contributed by atoms with van der Waals surface area (Å²) in [6.07, 6.45) is 0. The molecule has 3 heteroatoms. The highest BCUT2D eigenvalue weighted by atomic mass is 14.8. The Labute approximate surface area is 313 Å². The van der Waals surface area contributed by atoms with Gasteiger partial charge in [0, 0.05) is 33.0 Å². The van der Waals surface area contributed by atoms with Gasteiger partial charge in [0.1, 0.15) is 0 Å². The second-order valence-electron chi connectivity index (χ2n) is 13.6. The first-order valence-corrected chi connectivity index (χ1v) is 18.3. The highest BCUT2D eigenvalue weighted by molar-refractivity contribution is 6.10. The number of nitrogens with zero attached hydrogens (tertiary/aromatic N) is 3. The summed E-state index contributed by atoms with van der Waals surface area (Å²) in [6, 6.07) is 70.3. The molecule has 3 heterocycles. The molecule has 10 rings (SSSR count). The molecule has 3 aromatic heterocycles. The molecule has 10 aromatic rings. The summed E-state index contributed by atoms with van der Waals surface area (Å²) in [5.74, 6) is 0. The van der Waals surface area contributed by atoms with Crippen LogP contribution in [-0.2, 0) is 0 Å². The van der Waals surface area contributed by atoms with Crippen LogP contribution in [0.15, 0.2) is 200 Å². The Kier molecular flexibility index (Phi) is 7.81. The van der Waals surface area contributed by atoms with Crippen molar-refractivity contribution in [2.45, 2.75) is 0 Å². The molecule has 0 saturated heterocycles. The van der Waals surface area contributed by atoms with Crippen molar-refractivity contribution in [3.63, 3.8) is 0 Å². The number of hydrogen-bond acceptors (Lipinski definition) is 3. The predicted octanol–water partition coefficient (Wildman–Crippen LogP) is 13.3. The molecule has 0 spiro atoms. The Morgan fingerprint density at radius 2 is 0.796 bits per heavy atom. The molecule has 0 N–H and O–H groups in total. The molecule has 3 nitrogen and oxygen atoms in total. The van der Waals surface area contributed by atoms with Gasteiger partial charge in [0.25, 0.3) is 0 Å². The first kappa shape index (κ1) is 31.5. The molecule has 54 heavy (non-hydrogen) atoms. The van der Waals surface area contributed by atoms with E-state index in [1.165, 1.54) is 10.8 Å². The summed E-state index contributed by atoms with van der Waals surface area (Å²) in [4.78, 5) is 16.0. The molecule has 0 unspecified atom stereocenters.